The molecule has 1 heterocycles. The van der Waals surface area contributed by atoms with E-state index in [1.165, 1.54) is 0 Å². The molecule has 0 bridgehead atoms. The van der Waals surface area contributed by atoms with Gasteiger partial charge in [-0.05, 0) is 29.8 Å². The van der Waals surface area contributed by atoms with Crippen LogP contribution in [0.4, 0.5) is 5.82 Å². The normalized spacial score (nSPS) is 12.0. The molecule has 0 aliphatic carbocycles. The summed E-state index contributed by atoms with van der Waals surface area (Å²) in [6.07, 6.45) is 0. The van der Waals surface area contributed by atoms with Crippen LogP contribution in [-0.2, 0) is 0 Å². The van der Waals surface area contributed by atoms with Gasteiger partial charge in [-0.1, -0.05) is 6.07 Å². The van der Waals surface area contributed by atoms with Gasteiger partial charge in [0.25, 0.3) is 0 Å². The number of nitrogens with one attached hydrogen (secondary N) is 1. The summed E-state index contributed by atoms with van der Waals surface area (Å²) < 4.78 is 5.19. The molecule has 0 radical (unpaired) electrons. The predicted molar refractivity (Wildman–Crippen MR) is 51.5 cm³/mol. The van der Waals surface area contributed by atoms with Gasteiger partial charge in [-0.25, -0.2) is 10.5 Å². The van der Waals surface area contributed by atoms with Gasteiger partial charge in [0, 0.05) is 0 Å². The second-order valence-electron chi connectivity index (χ2n) is 3.05. The maximum absolute atomic E-state index is 8.73. The van der Waals surface area contributed by atoms with E-state index < -0.39 is 0 Å². The first-order chi connectivity index (χ1) is 7.24. The first kappa shape index (κ1) is 9.47. The molecular weight excluding hydrogens is 198 g/mol. The number of aryl methyl sites for hydroxylation is 1. The number of benzene rings is 1. The van der Waals surface area contributed by atoms with Gasteiger partial charge in [0.15, 0.2) is 5.58 Å². The fraction of sp³-hybridized carbons (Fsp3) is 0.111. The number of anilines is 1. The molecule has 0 aliphatic rings. The van der Waals surface area contributed by atoms with Crippen molar-refractivity contribution in [3.63, 3.8) is 0 Å². The highest BCUT2D eigenvalue weighted by Gasteiger charge is 2.04. The predicted octanol–water partition coefficient (Wildman–Crippen LogP) is 1.23. The molecule has 0 saturated heterocycles. The van der Waals surface area contributed by atoms with Crippen LogP contribution < -0.4 is 11.0 Å². The maximum Gasteiger partial charge on any atom is 0.301 e. The minimum Gasteiger partial charge on any atom is -0.432 e. The Balaban J connectivity index is 2.82. The third-order valence-corrected chi connectivity index (χ3v) is 1.95. The second-order valence-corrected chi connectivity index (χ2v) is 3.05. The van der Waals surface area contributed by atoms with E-state index in [0.717, 1.165) is 5.56 Å². The van der Waals surface area contributed by atoms with E-state index in [-0.39, 0.29) is 11.4 Å². The minimum atomic E-state index is -0.172. The van der Waals surface area contributed by atoms with Crippen molar-refractivity contribution in [1.29, 1.82) is 0 Å². The lowest BCUT2D eigenvalue weighted by Gasteiger charge is -2.01. The molecule has 2 rings (SSSR count). The van der Waals surface area contributed by atoms with Crippen molar-refractivity contribution in [3.8, 4) is 0 Å². The molecule has 0 spiro atoms. The summed E-state index contributed by atoms with van der Waals surface area (Å²) in [5, 5.41) is 20.2. The molecule has 3 N–H and O–H groups in total. The van der Waals surface area contributed by atoms with E-state index in [9.17, 15) is 0 Å². The third kappa shape index (κ3) is 1.62. The Morgan fingerprint density at radius 3 is 2.93 bits per heavy atom. The first-order valence-corrected chi connectivity index (χ1v) is 4.24. The molecular formula is C9H9N3O3. The van der Waals surface area contributed by atoms with Crippen LogP contribution in [-0.4, -0.2) is 15.4 Å². The van der Waals surface area contributed by atoms with Gasteiger partial charge in [0.2, 0.25) is 5.82 Å². The van der Waals surface area contributed by atoms with Crippen molar-refractivity contribution >= 4 is 16.9 Å². The molecule has 0 saturated carbocycles. The maximum atomic E-state index is 8.73. The van der Waals surface area contributed by atoms with Crippen molar-refractivity contribution in [1.82, 2.24) is 4.98 Å². The van der Waals surface area contributed by atoms with Gasteiger partial charge in [0.1, 0.15) is 5.52 Å². The molecule has 78 valence electrons. The van der Waals surface area contributed by atoms with Crippen molar-refractivity contribution < 1.29 is 14.8 Å². The summed E-state index contributed by atoms with van der Waals surface area (Å²) >= 11 is 0. The molecule has 6 nitrogen and oxygen atoms in total. The standard InChI is InChI=1S/C9H9N3O3/c1-5-2-3-7-6(4-5)10-8(11-13)9(12-14)15-7/h2-4,13-14H,1H3,(H,10,11)/b12-9-. The number of fused-ring (bicyclic) bond motifs is 1. The van der Waals surface area contributed by atoms with E-state index in [1.807, 2.05) is 13.0 Å². The third-order valence-electron chi connectivity index (χ3n) is 1.95. The molecule has 2 aromatic rings. The van der Waals surface area contributed by atoms with Crippen LogP contribution in [0.3, 0.4) is 0 Å². The number of rotatable bonds is 1. The molecule has 0 amide bonds. The van der Waals surface area contributed by atoms with Gasteiger partial charge in [0.05, 0.1) is 0 Å². The number of nitrogens with zero attached hydrogens (tertiary/aromatic N) is 2. The number of aromatic nitrogens is 1. The zero-order chi connectivity index (χ0) is 10.8. The van der Waals surface area contributed by atoms with Crippen LogP contribution in [0.15, 0.2) is 27.8 Å². The van der Waals surface area contributed by atoms with Crippen LogP contribution in [0.2, 0.25) is 0 Å². The highest BCUT2D eigenvalue weighted by molar-refractivity contribution is 5.73. The summed E-state index contributed by atoms with van der Waals surface area (Å²) in [4.78, 5) is 4.02. The summed E-state index contributed by atoms with van der Waals surface area (Å²) in [7, 11) is 0. The molecule has 0 atom stereocenters. The van der Waals surface area contributed by atoms with E-state index >= 15 is 0 Å². The zero-order valence-corrected chi connectivity index (χ0v) is 7.93. The fourth-order valence-corrected chi connectivity index (χ4v) is 1.26. The topological polar surface area (TPSA) is 90.9 Å². The molecule has 1 aromatic heterocycles. The van der Waals surface area contributed by atoms with Crippen LogP contribution in [0.25, 0.3) is 11.1 Å². The first-order valence-electron chi connectivity index (χ1n) is 4.24. The molecule has 0 unspecified atom stereocenters. The van der Waals surface area contributed by atoms with E-state index in [0.29, 0.717) is 11.1 Å². The van der Waals surface area contributed by atoms with Crippen molar-refractivity contribution in [2.75, 3.05) is 5.48 Å². The highest BCUT2D eigenvalue weighted by atomic mass is 16.5. The van der Waals surface area contributed by atoms with Gasteiger partial charge in [-0.2, -0.15) is 0 Å². The van der Waals surface area contributed by atoms with E-state index in [4.69, 9.17) is 14.8 Å². The van der Waals surface area contributed by atoms with Crippen LogP contribution in [0.5, 0.6) is 0 Å². The van der Waals surface area contributed by atoms with Crippen molar-refractivity contribution in [2.24, 2.45) is 5.16 Å². The van der Waals surface area contributed by atoms with Crippen LogP contribution in [0.1, 0.15) is 5.56 Å². The molecule has 1 aromatic carbocycles. The Hall–Kier alpha value is -2.08. The highest BCUT2D eigenvalue weighted by Crippen LogP contribution is 2.13. The van der Waals surface area contributed by atoms with Gasteiger partial charge in [-0.3, -0.25) is 5.21 Å². The van der Waals surface area contributed by atoms with Crippen LogP contribution in [0, 0.1) is 6.92 Å². The van der Waals surface area contributed by atoms with Crippen molar-refractivity contribution in [3.05, 3.63) is 29.3 Å². The van der Waals surface area contributed by atoms with Crippen molar-refractivity contribution in [2.45, 2.75) is 6.92 Å². The Labute approximate surface area is 84.4 Å². The lowest BCUT2D eigenvalue weighted by Crippen LogP contribution is -2.11. The van der Waals surface area contributed by atoms with Gasteiger partial charge in [-0.15, -0.1) is 0 Å². The number of hydrogen-bond acceptors (Lipinski definition) is 6. The SMILES string of the molecule is Cc1ccc2o/c(=N\O)c(NO)nc2c1. The van der Waals surface area contributed by atoms with Gasteiger partial charge >= 0.3 is 5.55 Å². The smallest absolute Gasteiger partial charge is 0.301 e. The molecule has 0 fully saturated rings. The van der Waals surface area contributed by atoms with E-state index in [1.54, 1.807) is 17.6 Å². The lowest BCUT2D eigenvalue weighted by molar-refractivity contribution is 0.274. The Morgan fingerprint density at radius 1 is 1.47 bits per heavy atom. The number of hydrogen-bond donors (Lipinski definition) is 3. The van der Waals surface area contributed by atoms with Crippen LogP contribution >= 0.6 is 0 Å². The van der Waals surface area contributed by atoms with Gasteiger partial charge < -0.3 is 9.62 Å². The Morgan fingerprint density at radius 2 is 2.27 bits per heavy atom. The Bertz CT molecular complexity index is 562. The zero-order valence-electron chi connectivity index (χ0n) is 7.93. The largest absolute Gasteiger partial charge is 0.432 e. The summed E-state index contributed by atoms with van der Waals surface area (Å²) in [6, 6.07) is 5.36. The monoisotopic (exact) mass is 207 g/mol. The summed E-state index contributed by atoms with van der Waals surface area (Å²) in [5.74, 6) is -0.0319. The minimum absolute atomic E-state index is 0.0319. The fourth-order valence-electron chi connectivity index (χ4n) is 1.26. The summed E-state index contributed by atoms with van der Waals surface area (Å²) in [5.41, 5.74) is 3.69. The molecule has 15 heavy (non-hydrogen) atoms. The summed E-state index contributed by atoms with van der Waals surface area (Å²) in [6.45, 7) is 1.91. The quantitative estimate of drug-likeness (QED) is 0.483. The lowest BCUT2D eigenvalue weighted by atomic mass is 10.2. The van der Waals surface area contributed by atoms with E-state index in [2.05, 4.69) is 10.1 Å². The molecule has 0 aliphatic heterocycles. The molecule has 6 heteroatoms. The average Bonchev–Trinajstić information content (AvgIpc) is 2.27. The second kappa shape index (κ2) is 3.58. The Kier molecular flexibility index (Phi) is 2.26. The average molecular weight is 207 g/mol.